The zero-order chi connectivity index (χ0) is 14.5. The molecular formula is C16H20FNO2. The van der Waals surface area contributed by atoms with Gasteiger partial charge in [0.1, 0.15) is 5.82 Å². The number of hydrogen-bond acceptors (Lipinski definition) is 2. The molecule has 0 aromatic heterocycles. The van der Waals surface area contributed by atoms with Crippen molar-refractivity contribution >= 4 is 17.7 Å². The Morgan fingerprint density at radius 3 is 3.00 bits per heavy atom. The summed E-state index contributed by atoms with van der Waals surface area (Å²) in [5.74, 6) is -0.655. The SMILES string of the molecule is CCCC1CCN(c2ccc(/C=C/C(=O)O)cc2F)C1. The molecule has 1 heterocycles. The van der Waals surface area contributed by atoms with Crippen LogP contribution in [0.25, 0.3) is 6.08 Å². The van der Waals surface area contributed by atoms with E-state index >= 15 is 0 Å². The van der Waals surface area contributed by atoms with E-state index in [-0.39, 0.29) is 5.82 Å². The average molecular weight is 277 g/mol. The second-order valence-corrected chi connectivity index (χ2v) is 5.27. The summed E-state index contributed by atoms with van der Waals surface area (Å²) in [6.07, 6.45) is 5.89. The van der Waals surface area contributed by atoms with E-state index in [1.165, 1.54) is 25.0 Å². The number of aliphatic carboxylic acids is 1. The molecule has 1 aliphatic heterocycles. The zero-order valence-electron chi connectivity index (χ0n) is 11.7. The summed E-state index contributed by atoms with van der Waals surface area (Å²) in [5.41, 5.74) is 1.19. The molecule has 1 unspecified atom stereocenters. The molecule has 1 N–H and O–H groups in total. The van der Waals surface area contributed by atoms with E-state index in [0.29, 0.717) is 17.2 Å². The number of halogens is 1. The molecule has 1 aliphatic rings. The van der Waals surface area contributed by atoms with Crippen molar-refractivity contribution in [1.29, 1.82) is 0 Å². The first-order valence-electron chi connectivity index (χ1n) is 7.05. The minimum atomic E-state index is -1.03. The predicted octanol–water partition coefficient (Wildman–Crippen LogP) is 3.55. The lowest BCUT2D eigenvalue weighted by atomic mass is 10.0. The lowest BCUT2D eigenvalue weighted by Gasteiger charge is -2.19. The van der Waals surface area contributed by atoms with Gasteiger partial charge in [0.25, 0.3) is 0 Å². The van der Waals surface area contributed by atoms with Gasteiger partial charge in [-0.15, -0.1) is 0 Å². The molecule has 0 aliphatic carbocycles. The van der Waals surface area contributed by atoms with Gasteiger partial charge in [-0.3, -0.25) is 0 Å². The van der Waals surface area contributed by atoms with Crippen LogP contribution < -0.4 is 4.90 Å². The number of nitrogens with zero attached hydrogens (tertiary/aromatic N) is 1. The van der Waals surface area contributed by atoms with Gasteiger partial charge < -0.3 is 10.0 Å². The van der Waals surface area contributed by atoms with Gasteiger partial charge in [-0.2, -0.15) is 0 Å². The van der Waals surface area contributed by atoms with E-state index in [9.17, 15) is 9.18 Å². The van der Waals surface area contributed by atoms with E-state index in [1.54, 1.807) is 12.1 Å². The summed E-state index contributed by atoms with van der Waals surface area (Å²) in [6.45, 7) is 3.98. The molecule has 1 aromatic rings. The molecule has 0 spiro atoms. The van der Waals surface area contributed by atoms with Crippen LogP contribution in [0.15, 0.2) is 24.3 Å². The summed E-state index contributed by atoms with van der Waals surface area (Å²) in [7, 11) is 0. The number of carboxylic acids is 1. The Morgan fingerprint density at radius 2 is 2.35 bits per heavy atom. The number of anilines is 1. The fraction of sp³-hybridized carbons (Fsp3) is 0.438. The molecule has 108 valence electrons. The summed E-state index contributed by atoms with van der Waals surface area (Å²) in [4.78, 5) is 12.5. The van der Waals surface area contributed by atoms with Crippen LogP contribution in [0.1, 0.15) is 31.7 Å². The smallest absolute Gasteiger partial charge is 0.328 e. The molecule has 3 nitrogen and oxygen atoms in total. The fourth-order valence-corrected chi connectivity index (χ4v) is 2.75. The van der Waals surface area contributed by atoms with Crippen molar-refractivity contribution in [2.24, 2.45) is 5.92 Å². The summed E-state index contributed by atoms with van der Waals surface area (Å²) in [6, 6.07) is 4.89. The first kappa shape index (κ1) is 14.6. The van der Waals surface area contributed by atoms with Crippen LogP contribution in [0.5, 0.6) is 0 Å². The van der Waals surface area contributed by atoms with Crippen LogP contribution in [0.2, 0.25) is 0 Å². The first-order valence-corrected chi connectivity index (χ1v) is 7.05. The highest BCUT2D eigenvalue weighted by atomic mass is 19.1. The number of benzene rings is 1. The molecule has 0 radical (unpaired) electrons. The Morgan fingerprint density at radius 1 is 1.55 bits per heavy atom. The van der Waals surface area contributed by atoms with E-state index in [4.69, 9.17) is 5.11 Å². The molecule has 2 rings (SSSR count). The van der Waals surface area contributed by atoms with Gasteiger partial charge in [-0.05, 0) is 42.5 Å². The highest BCUT2D eigenvalue weighted by Crippen LogP contribution is 2.29. The van der Waals surface area contributed by atoms with E-state index in [1.807, 2.05) is 0 Å². The molecule has 4 heteroatoms. The highest BCUT2D eigenvalue weighted by molar-refractivity contribution is 5.85. The molecule has 0 amide bonds. The third kappa shape index (κ3) is 3.59. The van der Waals surface area contributed by atoms with Gasteiger partial charge in [-0.1, -0.05) is 19.4 Å². The average Bonchev–Trinajstić information content (AvgIpc) is 2.85. The number of hydrogen-bond donors (Lipinski definition) is 1. The maximum Gasteiger partial charge on any atom is 0.328 e. The van der Waals surface area contributed by atoms with E-state index < -0.39 is 5.97 Å². The maximum absolute atomic E-state index is 14.1. The molecule has 1 saturated heterocycles. The van der Waals surface area contributed by atoms with Crippen LogP contribution in [-0.4, -0.2) is 24.2 Å². The van der Waals surface area contributed by atoms with Crippen LogP contribution in [0, 0.1) is 11.7 Å². The van der Waals surface area contributed by atoms with Crippen LogP contribution in [-0.2, 0) is 4.79 Å². The molecular weight excluding hydrogens is 257 g/mol. The van der Waals surface area contributed by atoms with Crippen molar-refractivity contribution in [2.45, 2.75) is 26.2 Å². The van der Waals surface area contributed by atoms with Crippen molar-refractivity contribution in [3.63, 3.8) is 0 Å². The Bertz CT molecular complexity index is 513. The van der Waals surface area contributed by atoms with Crippen molar-refractivity contribution in [3.05, 3.63) is 35.7 Å². The van der Waals surface area contributed by atoms with Crippen molar-refractivity contribution in [2.75, 3.05) is 18.0 Å². The predicted molar refractivity (Wildman–Crippen MR) is 78.3 cm³/mol. The summed E-state index contributed by atoms with van der Waals surface area (Å²) >= 11 is 0. The van der Waals surface area contributed by atoms with Gasteiger partial charge in [0.05, 0.1) is 5.69 Å². The highest BCUT2D eigenvalue weighted by Gasteiger charge is 2.23. The molecule has 0 bridgehead atoms. The van der Waals surface area contributed by atoms with Gasteiger partial charge in [0.15, 0.2) is 0 Å². The third-order valence-electron chi connectivity index (χ3n) is 3.71. The van der Waals surface area contributed by atoms with Crippen LogP contribution in [0.3, 0.4) is 0 Å². The topological polar surface area (TPSA) is 40.5 Å². The fourth-order valence-electron chi connectivity index (χ4n) is 2.75. The lowest BCUT2D eigenvalue weighted by Crippen LogP contribution is -2.20. The summed E-state index contributed by atoms with van der Waals surface area (Å²) in [5, 5.41) is 8.56. The maximum atomic E-state index is 14.1. The van der Waals surface area contributed by atoms with Gasteiger partial charge in [0, 0.05) is 19.2 Å². The van der Waals surface area contributed by atoms with E-state index in [2.05, 4.69) is 11.8 Å². The first-order chi connectivity index (χ1) is 9.60. The Labute approximate surface area is 118 Å². The largest absolute Gasteiger partial charge is 0.478 e. The number of rotatable bonds is 5. The number of carbonyl (C=O) groups is 1. The van der Waals surface area contributed by atoms with Gasteiger partial charge >= 0.3 is 5.97 Å². The van der Waals surface area contributed by atoms with E-state index in [0.717, 1.165) is 25.6 Å². The standard InChI is InChI=1S/C16H20FNO2/c1-2-3-13-8-9-18(11-13)15-6-4-12(10-14(15)17)5-7-16(19)20/h4-7,10,13H,2-3,8-9,11H2,1H3,(H,19,20)/b7-5+. The zero-order valence-corrected chi connectivity index (χ0v) is 11.7. The summed E-state index contributed by atoms with van der Waals surface area (Å²) < 4.78 is 14.1. The normalized spacial score (nSPS) is 18.9. The monoisotopic (exact) mass is 277 g/mol. The lowest BCUT2D eigenvalue weighted by molar-refractivity contribution is -0.131. The third-order valence-corrected chi connectivity index (χ3v) is 3.71. The molecule has 20 heavy (non-hydrogen) atoms. The Kier molecular flexibility index (Phi) is 4.77. The van der Waals surface area contributed by atoms with Crippen molar-refractivity contribution < 1.29 is 14.3 Å². The second kappa shape index (κ2) is 6.55. The van der Waals surface area contributed by atoms with Gasteiger partial charge in [0.2, 0.25) is 0 Å². The molecule has 1 fully saturated rings. The van der Waals surface area contributed by atoms with Crippen LogP contribution >= 0.6 is 0 Å². The molecule has 1 aromatic carbocycles. The minimum absolute atomic E-state index is 0.283. The second-order valence-electron chi connectivity index (χ2n) is 5.27. The van der Waals surface area contributed by atoms with Gasteiger partial charge in [-0.25, -0.2) is 9.18 Å². The molecule has 0 saturated carbocycles. The number of carboxylic acid groups (broad SMARTS) is 1. The molecule has 1 atom stereocenters. The Balaban J connectivity index is 2.08. The van der Waals surface area contributed by atoms with Crippen molar-refractivity contribution in [3.8, 4) is 0 Å². The minimum Gasteiger partial charge on any atom is -0.478 e. The van der Waals surface area contributed by atoms with Crippen molar-refractivity contribution in [1.82, 2.24) is 0 Å². The van der Waals surface area contributed by atoms with Crippen LogP contribution in [0.4, 0.5) is 10.1 Å². The quantitative estimate of drug-likeness (QED) is 0.837. The Hall–Kier alpha value is -1.84.